The second-order valence-corrected chi connectivity index (χ2v) is 5.03. The molecule has 0 atom stereocenters. The first-order chi connectivity index (χ1) is 11.7. The molecule has 0 bridgehead atoms. The van der Waals surface area contributed by atoms with E-state index in [-0.39, 0.29) is 12.3 Å². The summed E-state index contributed by atoms with van der Waals surface area (Å²) >= 11 is 0. The minimum Gasteiger partial charge on any atom is -0.494 e. The molecule has 0 unspecified atom stereocenters. The number of aromatic amines is 1. The number of benzene rings is 1. The molecule has 3 rings (SSSR count). The summed E-state index contributed by atoms with van der Waals surface area (Å²) in [5.74, 6) is 1.61. The first kappa shape index (κ1) is 15.7. The monoisotopic (exact) mass is 323 g/mol. The van der Waals surface area contributed by atoms with Crippen LogP contribution in [0.25, 0.3) is 11.4 Å². The van der Waals surface area contributed by atoms with E-state index >= 15 is 0 Å². The standard InChI is InChI=1S/C17H17N5O2/c1-2-24-14-7-5-13(6-8-14)19-16(23)10-15-20-17(22-21-15)12-4-3-9-18-11-12/h3-9,11H,2,10H2,1H3,(H,19,23)(H,20,21,22). The number of rotatable bonds is 6. The fraction of sp³-hybridized carbons (Fsp3) is 0.176. The van der Waals surface area contributed by atoms with E-state index in [2.05, 4.69) is 25.5 Å². The minimum absolute atomic E-state index is 0.112. The number of nitrogens with zero attached hydrogens (tertiary/aromatic N) is 3. The third-order valence-corrected chi connectivity index (χ3v) is 3.23. The summed E-state index contributed by atoms with van der Waals surface area (Å²) in [5.41, 5.74) is 1.50. The topological polar surface area (TPSA) is 92.8 Å². The molecule has 3 aromatic rings. The number of amides is 1. The molecule has 0 spiro atoms. The number of carbonyl (C=O) groups excluding carboxylic acids is 1. The minimum atomic E-state index is -0.173. The van der Waals surface area contributed by atoms with Gasteiger partial charge in [0.15, 0.2) is 5.82 Å². The SMILES string of the molecule is CCOc1ccc(NC(=O)Cc2nc(-c3cccnc3)n[nH]2)cc1. The lowest BCUT2D eigenvalue weighted by atomic mass is 10.2. The number of carbonyl (C=O) groups is 1. The molecule has 7 heteroatoms. The van der Waals surface area contributed by atoms with Crippen molar-refractivity contribution in [3.8, 4) is 17.1 Å². The maximum absolute atomic E-state index is 12.1. The molecule has 122 valence electrons. The van der Waals surface area contributed by atoms with Crippen LogP contribution in [0.2, 0.25) is 0 Å². The molecular formula is C17H17N5O2. The zero-order valence-corrected chi connectivity index (χ0v) is 13.2. The number of anilines is 1. The van der Waals surface area contributed by atoms with Gasteiger partial charge in [-0.1, -0.05) is 0 Å². The van der Waals surface area contributed by atoms with E-state index in [1.54, 1.807) is 24.5 Å². The van der Waals surface area contributed by atoms with Gasteiger partial charge in [0, 0.05) is 23.6 Å². The molecule has 0 saturated carbocycles. The molecule has 2 N–H and O–H groups in total. The Hall–Kier alpha value is -3.22. The second kappa shape index (κ2) is 7.36. The first-order valence-corrected chi connectivity index (χ1v) is 7.59. The molecule has 24 heavy (non-hydrogen) atoms. The molecule has 0 saturated heterocycles. The Bertz CT molecular complexity index is 799. The molecule has 0 fully saturated rings. The fourth-order valence-corrected chi connectivity index (χ4v) is 2.16. The van der Waals surface area contributed by atoms with E-state index in [1.165, 1.54) is 0 Å². The van der Waals surface area contributed by atoms with Gasteiger partial charge in [0.2, 0.25) is 5.91 Å². The summed E-state index contributed by atoms with van der Waals surface area (Å²) in [6.45, 7) is 2.53. The number of nitrogens with one attached hydrogen (secondary N) is 2. The zero-order chi connectivity index (χ0) is 16.8. The van der Waals surface area contributed by atoms with E-state index in [1.807, 2.05) is 31.2 Å². The highest BCUT2D eigenvalue weighted by Gasteiger charge is 2.10. The number of hydrogen-bond acceptors (Lipinski definition) is 5. The molecule has 0 aliphatic heterocycles. The van der Waals surface area contributed by atoms with Crippen LogP contribution in [0.4, 0.5) is 5.69 Å². The number of pyridine rings is 1. The molecule has 0 aliphatic carbocycles. The fourth-order valence-electron chi connectivity index (χ4n) is 2.16. The second-order valence-electron chi connectivity index (χ2n) is 5.03. The maximum Gasteiger partial charge on any atom is 0.232 e. The molecular weight excluding hydrogens is 306 g/mol. The predicted octanol–water partition coefficient (Wildman–Crippen LogP) is 2.45. The number of aromatic nitrogens is 4. The van der Waals surface area contributed by atoms with Gasteiger partial charge in [0.25, 0.3) is 0 Å². The molecule has 1 amide bonds. The van der Waals surface area contributed by atoms with Crippen LogP contribution in [-0.4, -0.2) is 32.7 Å². The Balaban J connectivity index is 1.60. The highest BCUT2D eigenvalue weighted by molar-refractivity contribution is 5.91. The normalized spacial score (nSPS) is 10.4. The van der Waals surface area contributed by atoms with Crippen molar-refractivity contribution in [1.82, 2.24) is 20.2 Å². The van der Waals surface area contributed by atoms with Gasteiger partial charge in [-0.05, 0) is 43.3 Å². The Kier molecular flexibility index (Phi) is 4.81. The van der Waals surface area contributed by atoms with Crippen molar-refractivity contribution in [2.24, 2.45) is 0 Å². The molecule has 0 aliphatic rings. The van der Waals surface area contributed by atoms with Crippen molar-refractivity contribution in [2.75, 3.05) is 11.9 Å². The van der Waals surface area contributed by atoms with Gasteiger partial charge < -0.3 is 10.1 Å². The van der Waals surface area contributed by atoms with Crippen molar-refractivity contribution in [2.45, 2.75) is 13.3 Å². The molecule has 2 heterocycles. The third kappa shape index (κ3) is 3.95. The van der Waals surface area contributed by atoms with Gasteiger partial charge in [-0.25, -0.2) is 4.98 Å². The third-order valence-electron chi connectivity index (χ3n) is 3.23. The molecule has 1 aromatic carbocycles. The highest BCUT2D eigenvalue weighted by atomic mass is 16.5. The summed E-state index contributed by atoms with van der Waals surface area (Å²) < 4.78 is 5.37. The zero-order valence-electron chi connectivity index (χ0n) is 13.2. The summed E-state index contributed by atoms with van der Waals surface area (Å²) in [6, 6.07) is 10.9. The molecule has 2 aromatic heterocycles. The van der Waals surface area contributed by atoms with Gasteiger partial charge in [0.1, 0.15) is 11.6 Å². The number of hydrogen-bond donors (Lipinski definition) is 2. The van der Waals surface area contributed by atoms with Crippen LogP contribution in [0.3, 0.4) is 0 Å². The quantitative estimate of drug-likeness (QED) is 0.727. The Labute approximate surface area is 139 Å². The van der Waals surface area contributed by atoms with Crippen molar-refractivity contribution < 1.29 is 9.53 Å². The van der Waals surface area contributed by atoms with Crippen LogP contribution in [0.1, 0.15) is 12.7 Å². The summed E-state index contributed by atoms with van der Waals surface area (Å²) in [6.07, 6.45) is 3.47. The Morgan fingerprint density at radius 1 is 1.25 bits per heavy atom. The first-order valence-electron chi connectivity index (χ1n) is 7.59. The van der Waals surface area contributed by atoms with E-state index in [0.29, 0.717) is 23.9 Å². The summed E-state index contributed by atoms with van der Waals surface area (Å²) in [4.78, 5) is 20.4. The largest absolute Gasteiger partial charge is 0.494 e. The highest BCUT2D eigenvalue weighted by Crippen LogP contribution is 2.16. The van der Waals surface area contributed by atoms with Gasteiger partial charge >= 0.3 is 0 Å². The van der Waals surface area contributed by atoms with Gasteiger partial charge in [-0.3, -0.25) is 14.9 Å². The average molecular weight is 323 g/mol. The van der Waals surface area contributed by atoms with E-state index in [4.69, 9.17) is 4.74 Å². The maximum atomic E-state index is 12.1. The number of H-pyrrole nitrogens is 1. The van der Waals surface area contributed by atoms with Crippen molar-refractivity contribution in [3.63, 3.8) is 0 Å². The van der Waals surface area contributed by atoms with Crippen molar-refractivity contribution >= 4 is 11.6 Å². The molecule has 0 radical (unpaired) electrons. The Morgan fingerprint density at radius 3 is 2.79 bits per heavy atom. The van der Waals surface area contributed by atoms with E-state index in [9.17, 15) is 4.79 Å². The Morgan fingerprint density at radius 2 is 2.08 bits per heavy atom. The van der Waals surface area contributed by atoms with Crippen LogP contribution in [0.15, 0.2) is 48.8 Å². The lowest BCUT2D eigenvalue weighted by Crippen LogP contribution is -2.15. The average Bonchev–Trinajstić information content (AvgIpc) is 3.06. The van der Waals surface area contributed by atoms with Crippen LogP contribution in [-0.2, 0) is 11.2 Å². The van der Waals surface area contributed by atoms with Crippen LogP contribution in [0.5, 0.6) is 5.75 Å². The summed E-state index contributed by atoms with van der Waals surface area (Å²) in [5, 5.41) is 9.70. The summed E-state index contributed by atoms with van der Waals surface area (Å²) in [7, 11) is 0. The van der Waals surface area contributed by atoms with Crippen molar-refractivity contribution in [1.29, 1.82) is 0 Å². The van der Waals surface area contributed by atoms with Crippen LogP contribution >= 0.6 is 0 Å². The van der Waals surface area contributed by atoms with Crippen LogP contribution < -0.4 is 10.1 Å². The van der Waals surface area contributed by atoms with Gasteiger partial charge in [0.05, 0.1) is 13.0 Å². The van der Waals surface area contributed by atoms with Crippen LogP contribution in [0, 0.1) is 0 Å². The van der Waals surface area contributed by atoms with E-state index in [0.717, 1.165) is 11.3 Å². The molecule has 7 nitrogen and oxygen atoms in total. The lowest BCUT2D eigenvalue weighted by molar-refractivity contribution is -0.115. The van der Waals surface area contributed by atoms with Gasteiger partial charge in [-0.2, -0.15) is 5.10 Å². The lowest BCUT2D eigenvalue weighted by Gasteiger charge is -2.06. The predicted molar refractivity (Wildman–Crippen MR) is 89.6 cm³/mol. The number of ether oxygens (including phenoxy) is 1. The van der Waals surface area contributed by atoms with Gasteiger partial charge in [-0.15, -0.1) is 0 Å². The van der Waals surface area contributed by atoms with Crippen molar-refractivity contribution in [3.05, 3.63) is 54.6 Å². The van der Waals surface area contributed by atoms with E-state index < -0.39 is 0 Å². The smallest absolute Gasteiger partial charge is 0.232 e.